The Morgan fingerprint density at radius 3 is 2.30 bits per heavy atom. The van der Waals surface area contributed by atoms with Gasteiger partial charge in [-0.25, -0.2) is 4.79 Å². The molecule has 0 aliphatic heterocycles. The molecule has 6 nitrogen and oxygen atoms in total. The lowest BCUT2D eigenvalue weighted by Crippen LogP contribution is -2.20. The molecule has 2 N–H and O–H groups in total. The van der Waals surface area contributed by atoms with E-state index in [0.717, 1.165) is 59.3 Å². The molecular formula is C33H35ClN2O4. The van der Waals surface area contributed by atoms with E-state index in [1.54, 1.807) is 12.1 Å². The quantitative estimate of drug-likeness (QED) is 0.229. The Labute approximate surface area is 239 Å². The Morgan fingerprint density at radius 1 is 1.00 bits per heavy atom. The molecular weight excluding hydrogens is 524 g/mol. The monoisotopic (exact) mass is 558 g/mol. The van der Waals surface area contributed by atoms with Gasteiger partial charge in [0.1, 0.15) is 12.4 Å². The molecule has 0 unspecified atom stereocenters. The highest BCUT2D eigenvalue weighted by Crippen LogP contribution is 2.35. The second kappa shape index (κ2) is 11.4. The summed E-state index contributed by atoms with van der Waals surface area (Å²) in [5.74, 6) is -0.0812. The fourth-order valence-corrected chi connectivity index (χ4v) is 5.64. The van der Waals surface area contributed by atoms with Crippen molar-refractivity contribution >= 4 is 40.1 Å². The van der Waals surface area contributed by atoms with Crippen LogP contribution in [0.2, 0.25) is 5.02 Å². The van der Waals surface area contributed by atoms with E-state index < -0.39 is 5.97 Å². The van der Waals surface area contributed by atoms with Gasteiger partial charge in [-0.1, -0.05) is 69.5 Å². The van der Waals surface area contributed by atoms with E-state index in [2.05, 4.69) is 42.8 Å². The van der Waals surface area contributed by atoms with Crippen LogP contribution < -0.4 is 10.1 Å². The topological polar surface area (TPSA) is 80.6 Å². The van der Waals surface area contributed by atoms with Gasteiger partial charge in [-0.15, -0.1) is 0 Å². The number of anilines is 1. The van der Waals surface area contributed by atoms with Gasteiger partial charge in [-0.2, -0.15) is 0 Å². The minimum atomic E-state index is -0.959. The molecule has 208 valence electrons. The second-order valence-electron chi connectivity index (χ2n) is 11.6. The van der Waals surface area contributed by atoms with Crippen molar-refractivity contribution in [1.82, 2.24) is 4.57 Å². The Kier molecular flexibility index (Phi) is 7.90. The summed E-state index contributed by atoms with van der Waals surface area (Å²) < 4.78 is 8.31. The lowest BCUT2D eigenvalue weighted by molar-refractivity contribution is -0.119. The van der Waals surface area contributed by atoms with Crippen molar-refractivity contribution in [2.24, 2.45) is 5.92 Å². The van der Waals surface area contributed by atoms with Gasteiger partial charge in [0.2, 0.25) is 5.91 Å². The lowest BCUT2D eigenvalue weighted by atomic mass is 9.87. The summed E-state index contributed by atoms with van der Waals surface area (Å²) in [6.07, 6.45) is 4.07. The molecule has 0 bridgehead atoms. The van der Waals surface area contributed by atoms with Gasteiger partial charge < -0.3 is 19.7 Å². The number of benzene rings is 3. The zero-order valence-electron chi connectivity index (χ0n) is 23.2. The summed E-state index contributed by atoms with van der Waals surface area (Å²) in [5.41, 5.74) is 4.89. The SMILES string of the molecule is CC(C)(C)c1ccc(OCc2c(Cl)c3cc(NC(=O)C4CCCC4)ccc3n2Cc2ccc(C(=O)O)cc2)cc1. The molecule has 0 spiro atoms. The number of amides is 1. The number of ether oxygens (including phenoxy) is 1. The number of hydrogen-bond acceptors (Lipinski definition) is 3. The Hall–Kier alpha value is -3.77. The summed E-state index contributed by atoms with van der Waals surface area (Å²) in [5, 5.41) is 13.8. The van der Waals surface area contributed by atoms with Crippen LogP contribution in [0, 0.1) is 5.92 Å². The normalized spacial score (nSPS) is 14.0. The first-order chi connectivity index (χ1) is 19.1. The van der Waals surface area contributed by atoms with E-state index in [9.17, 15) is 14.7 Å². The number of rotatable bonds is 8. The number of carboxylic acids is 1. The zero-order chi connectivity index (χ0) is 28.4. The lowest BCUT2D eigenvalue weighted by Gasteiger charge is -2.19. The predicted octanol–water partition coefficient (Wildman–Crippen LogP) is 8.05. The average molecular weight is 559 g/mol. The van der Waals surface area contributed by atoms with Crippen LogP contribution in [0.4, 0.5) is 5.69 Å². The number of fused-ring (bicyclic) bond motifs is 1. The molecule has 1 aromatic heterocycles. The number of carbonyl (C=O) groups excluding carboxylic acids is 1. The molecule has 1 heterocycles. The molecule has 3 aromatic carbocycles. The molecule has 0 saturated heterocycles. The van der Waals surface area contributed by atoms with E-state index in [-0.39, 0.29) is 29.4 Å². The number of carboxylic acid groups (broad SMARTS) is 1. The van der Waals surface area contributed by atoms with Crippen molar-refractivity contribution in [1.29, 1.82) is 0 Å². The van der Waals surface area contributed by atoms with Crippen molar-refractivity contribution in [2.45, 2.75) is 65.0 Å². The molecule has 0 radical (unpaired) electrons. The Morgan fingerprint density at radius 2 is 1.68 bits per heavy atom. The summed E-state index contributed by atoms with van der Waals surface area (Å²) in [6.45, 7) is 7.26. The largest absolute Gasteiger partial charge is 0.487 e. The van der Waals surface area contributed by atoms with Gasteiger partial charge in [0.15, 0.2) is 0 Å². The first kappa shape index (κ1) is 27.8. The maximum absolute atomic E-state index is 12.8. The smallest absolute Gasteiger partial charge is 0.335 e. The number of nitrogens with zero attached hydrogens (tertiary/aromatic N) is 1. The molecule has 7 heteroatoms. The maximum Gasteiger partial charge on any atom is 0.335 e. The maximum atomic E-state index is 12.8. The number of aromatic nitrogens is 1. The minimum Gasteiger partial charge on any atom is -0.487 e. The van der Waals surface area contributed by atoms with Gasteiger partial charge in [0, 0.05) is 23.5 Å². The van der Waals surface area contributed by atoms with Crippen molar-refractivity contribution < 1.29 is 19.4 Å². The summed E-state index contributed by atoms with van der Waals surface area (Å²) in [6, 6.07) is 20.8. The van der Waals surface area contributed by atoms with E-state index in [1.807, 2.05) is 42.5 Å². The van der Waals surface area contributed by atoms with Crippen LogP contribution in [0.3, 0.4) is 0 Å². The van der Waals surface area contributed by atoms with Gasteiger partial charge in [0.05, 0.1) is 21.8 Å². The van der Waals surface area contributed by atoms with Crippen LogP contribution in [-0.2, 0) is 23.4 Å². The van der Waals surface area contributed by atoms with E-state index in [0.29, 0.717) is 11.6 Å². The molecule has 0 atom stereocenters. The highest BCUT2D eigenvalue weighted by molar-refractivity contribution is 6.36. The van der Waals surface area contributed by atoms with Crippen LogP contribution in [0.1, 0.15) is 73.6 Å². The van der Waals surface area contributed by atoms with Crippen molar-refractivity contribution in [3.63, 3.8) is 0 Å². The van der Waals surface area contributed by atoms with Crippen molar-refractivity contribution in [2.75, 3.05) is 5.32 Å². The molecule has 1 amide bonds. The van der Waals surface area contributed by atoms with Gasteiger partial charge in [0.25, 0.3) is 0 Å². The number of aromatic carboxylic acids is 1. The average Bonchev–Trinajstić information content (AvgIpc) is 3.55. The fourth-order valence-electron chi connectivity index (χ4n) is 5.34. The Bertz CT molecular complexity index is 1530. The summed E-state index contributed by atoms with van der Waals surface area (Å²) in [7, 11) is 0. The van der Waals surface area contributed by atoms with Crippen LogP contribution in [0.5, 0.6) is 5.75 Å². The van der Waals surface area contributed by atoms with Crippen LogP contribution in [-0.4, -0.2) is 21.6 Å². The third-order valence-electron chi connectivity index (χ3n) is 7.73. The molecule has 5 rings (SSSR count). The van der Waals surface area contributed by atoms with Crippen LogP contribution in [0.15, 0.2) is 66.7 Å². The fraction of sp³-hybridized carbons (Fsp3) is 0.333. The molecule has 1 aliphatic carbocycles. The number of carbonyl (C=O) groups is 2. The van der Waals surface area contributed by atoms with Gasteiger partial charge >= 0.3 is 5.97 Å². The van der Waals surface area contributed by atoms with E-state index in [4.69, 9.17) is 16.3 Å². The van der Waals surface area contributed by atoms with Gasteiger partial charge in [-0.05, 0) is 71.8 Å². The number of hydrogen-bond donors (Lipinski definition) is 2. The van der Waals surface area contributed by atoms with E-state index in [1.165, 1.54) is 5.56 Å². The molecule has 40 heavy (non-hydrogen) atoms. The van der Waals surface area contributed by atoms with Crippen LogP contribution >= 0.6 is 11.6 Å². The first-order valence-corrected chi connectivity index (χ1v) is 14.1. The molecule has 1 saturated carbocycles. The molecule has 1 fully saturated rings. The Balaban J connectivity index is 1.46. The predicted molar refractivity (Wildman–Crippen MR) is 160 cm³/mol. The van der Waals surface area contributed by atoms with Crippen molar-refractivity contribution in [3.8, 4) is 5.75 Å². The zero-order valence-corrected chi connectivity index (χ0v) is 23.9. The standard InChI is InChI=1S/C33H35ClN2O4/c1-33(2,3)24-12-15-26(16-13-24)40-20-29-30(34)27-18-25(35-31(37)22-6-4-5-7-22)14-17-28(27)36(29)19-21-8-10-23(11-9-21)32(38)39/h8-18,22H,4-7,19-20H2,1-3H3,(H,35,37)(H,38,39). The van der Waals surface area contributed by atoms with E-state index >= 15 is 0 Å². The minimum absolute atomic E-state index is 0.0509. The van der Waals surface area contributed by atoms with Crippen molar-refractivity contribution in [3.05, 3.63) is 94.1 Å². The number of nitrogens with one attached hydrogen (secondary N) is 1. The highest BCUT2D eigenvalue weighted by atomic mass is 35.5. The van der Waals surface area contributed by atoms with Gasteiger partial charge in [-0.3, -0.25) is 4.79 Å². The molecule has 4 aromatic rings. The van der Waals surface area contributed by atoms with Crippen LogP contribution in [0.25, 0.3) is 10.9 Å². The third kappa shape index (κ3) is 6.02. The summed E-state index contributed by atoms with van der Waals surface area (Å²) in [4.78, 5) is 24.1. The molecule has 1 aliphatic rings. The number of halogens is 1. The first-order valence-electron chi connectivity index (χ1n) is 13.8. The second-order valence-corrected chi connectivity index (χ2v) is 12.0. The highest BCUT2D eigenvalue weighted by Gasteiger charge is 2.23. The summed E-state index contributed by atoms with van der Waals surface area (Å²) >= 11 is 6.99. The third-order valence-corrected chi connectivity index (χ3v) is 8.16.